The molecular weight excluding hydrogens is 490 g/mol. The second kappa shape index (κ2) is 9.24. The van der Waals surface area contributed by atoms with Crippen molar-refractivity contribution in [2.24, 2.45) is 11.1 Å². The summed E-state index contributed by atoms with van der Waals surface area (Å²) >= 11 is 1.41. The Hall–Kier alpha value is -3.55. The second-order valence-electron chi connectivity index (χ2n) is 8.27. The zero-order chi connectivity index (χ0) is 24.6. The average molecular weight is 514 g/mol. The SMILES string of the molecule is Nc1nc(N2CCC(CNC(=O)c3ccc(S(N)(=O)=O)cc3)CC2)nc2sc(-c3ccco3)nc12. The molecule has 0 spiro atoms. The van der Waals surface area contributed by atoms with Crippen molar-refractivity contribution in [2.75, 3.05) is 30.3 Å². The summed E-state index contributed by atoms with van der Waals surface area (Å²) in [6.07, 6.45) is 3.30. The average Bonchev–Trinajstić information content (AvgIpc) is 3.53. The van der Waals surface area contributed by atoms with Crippen LogP contribution in [0.2, 0.25) is 0 Å². The number of carbonyl (C=O) groups excluding carboxylic acids is 1. The van der Waals surface area contributed by atoms with Crippen LogP contribution < -0.4 is 21.1 Å². The number of nitrogen functional groups attached to an aromatic ring is 1. The molecule has 3 aromatic heterocycles. The summed E-state index contributed by atoms with van der Waals surface area (Å²) in [5.41, 5.74) is 7.12. The summed E-state index contributed by atoms with van der Waals surface area (Å²) in [5, 5.41) is 8.73. The molecule has 1 amide bonds. The molecule has 0 bridgehead atoms. The summed E-state index contributed by atoms with van der Waals surface area (Å²) in [4.78, 5) is 28.9. The van der Waals surface area contributed by atoms with Gasteiger partial charge in [-0.1, -0.05) is 11.3 Å². The van der Waals surface area contributed by atoms with Crippen molar-refractivity contribution >= 4 is 49.4 Å². The van der Waals surface area contributed by atoms with Gasteiger partial charge >= 0.3 is 0 Å². The van der Waals surface area contributed by atoms with Crippen LogP contribution in [-0.2, 0) is 10.0 Å². The highest BCUT2D eigenvalue weighted by atomic mass is 32.2. The first kappa shape index (κ1) is 23.2. The molecule has 0 unspecified atom stereocenters. The van der Waals surface area contributed by atoms with Gasteiger partial charge < -0.3 is 20.4 Å². The number of benzene rings is 1. The number of aromatic nitrogens is 3. The van der Waals surface area contributed by atoms with Gasteiger partial charge in [0, 0.05) is 25.2 Å². The van der Waals surface area contributed by atoms with Crippen LogP contribution in [0.5, 0.6) is 0 Å². The second-order valence-corrected chi connectivity index (χ2v) is 10.8. The lowest BCUT2D eigenvalue weighted by molar-refractivity contribution is 0.0944. The molecule has 1 aliphatic heterocycles. The van der Waals surface area contributed by atoms with E-state index in [2.05, 4.69) is 25.2 Å². The highest BCUT2D eigenvalue weighted by Crippen LogP contribution is 2.33. The van der Waals surface area contributed by atoms with Crippen LogP contribution in [-0.4, -0.2) is 48.9 Å². The first-order valence-electron chi connectivity index (χ1n) is 10.9. The molecule has 4 heterocycles. The molecule has 182 valence electrons. The fourth-order valence-electron chi connectivity index (χ4n) is 3.95. The number of amides is 1. The third-order valence-electron chi connectivity index (χ3n) is 5.90. The molecule has 11 nitrogen and oxygen atoms in total. The number of nitrogens with one attached hydrogen (secondary N) is 1. The molecule has 0 atom stereocenters. The van der Waals surface area contributed by atoms with Gasteiger partial charge in [0.15, 0.2) is 21.4 Å². The van der Waals surface area contributed by atoms with Crippen molar-refractivity contribution in [1.29, 1.82) is 0 Å². The van der Waals surface area contributed by atoms with Crippen molar-refractivity contribution in [3.05, 3.63) is 48.2 Å². The molecule has 13 heteroatoms. The van der Waals surface area contributed by atoms with E-state index >= 15 is 0 Å². The number of nitrogens with zero attached hydrogens (tertiary/aromatic N) is 4. The summed E-state index contributed by atoms with van der Waals surface area (Å²) in [6.45, 7) is 1.99. The fraction of sp³-hybridized carbons (Fsp3) is 0.273. The summed E-state index contributed by atoms with van der Waals surface area (Å²) in [7, 11) is -3.79. The summed E-state index contributed by atoms with van der Waals surface area (Å²) < 4.78 is 28.1. The van der Waals surface area contributed by atoms with E-state index in [0.717, 1.165) is 25.9 Å². The number of piperidine rings is 1. The number of sulfonamides is 1. The number of rotatable bonds is 6. The molecule has 1 aliphatic rings. The van der Waals surface area contributed by atoms with E-state index in [9.17, 15) is 13.2 Å². The number of carbonyl (C=O) groups is 1. The minimum Gasteiger partial charge on any atom is -0.462 e. The van der Waals surface area contributed by atoms with Gasteiger partial charge in [-0.2, -0.15) is 9.97 Å². The molecule has 35 heavy (non-hydrogen) atoms. The first-order valence-corrected chi connectivity index (χ1v) is 13.3. The molecule has 1 aromatic carbocycles. The van der Waals surface area contributed by atoms with Gasteiger partial charge in [0.2, 0.25) is 16.0 Å². The minimum atomic E-state index is -3.79. The molecule has 5 N–H and O–H groups in total. The number of primary sulfonamides is 1. The lowest BCUT2D eigenvalue weighted by Crippen LogP contribution is -2.39. The van der Waals surface area contributed by atoms with E-state index < -0.39 is 10.0 Å². The van der Waals surface area contributed by atoms with E-state index in [1.807, 2.05) is 6.07 Å². The fourth-order valence-corrected chi connectivity index (χ4v) is 5.38. The normalized spacial score (nSPS) is 14.9. The molecular formula is C22H23N7O4S2. The standard InChI is InChI=1S/C22H23N7O4S2/c23-18-17-21(34-20(26-17)16-2-1-11-33-16)28-22(27-18)29-9-7-13(8-10-29)12-25-19(30)14-3-5-15(6-4-14)35(24,31)32/h1-6,11,13H,7-10,12H2,(H,25,30)(H2,23,27,28)(H2,24,31,32). The highest BCUT2D eigenvalue weighted by Gasteiger charge is 2.23. The summed E-state index contributed by atoms with van der Waals surface area (Å²) in [6, 6.07) is 9.19. The van der Waals surface area contributed by atoms with Crippen molar-refractivity contribution in [3.8, 4) is 10.8 Å². The number of fused-ring (bicyclic) bond motifs is 1. The lowest BCUT2D eigenvalue weighted by atomic mass is 9.97. The monoisotopic (exact) mass is 513 g/mol. The number of anilines is 2. The zero-order valence-electron chi connectivity index (χ0n) is 18.5. The van der Waals surface area contributed by atoms with E-state index in [4.69, 9.17) is 15.3 Å². The molecule has 0 radical (unpaired) electrons. The third-order valence-corrected chi connectivity index (χ3v) is 7.79. The van der Waals surface area contributed by atoms with Gasteiger partial charge in [-0.15, -0.1) is 0 Å². The number of nitrogens with two attached hydrogens (primary N) is 2. The third kappa shape index (κ3) is 4.97. The van der Waals surface area contributed by atoms with Crippen LogP contribution in [0.15, 0.2) is 52.0 Å². The van der Waals surface area contributed by atoms with Gasteiger partial charge in [-0.05, 0) is 55.2 Å². The quantitative estimate of drug-likeness (QED) is 0.350. The predicted molar refractivity (Wildman–Crippen MR) is 132 cm³/mol. The maximum Gasteiger partial charge on any atom is 0.251 e. The maximum atomic E-state index is 12.4. The largest absolute Gasteiger partial charge is 0.462 e. The van der Waals surface area contributed by atoms with Crippen molar-refractivity contribution in [3.63, 3.8) is 0 Å². The first-order chi connectivity index (χ1) is 16.8. The Morgan fingerprint density at radius 3 is 2.54 bits per heavy atom. The van der Waals surface area contributed by atoms with Crippen molar-refractivity contribution < 1.29 is 17.6 Å². The Morgan fingerprint density at radius 1 is 1.14 bits per heavy atom. The Labute approximate surface area is 205 Å². The molecule has 0 aliphatic carbocycles. The van der Waals surface area contributed by atoms with Gasteiger partial charge in [0.05, 0.1) is 11.2 Å². The Balaban J connectivity index is 1.18. The topological polar surface area (TPSA) is 170 Å². The van der Waals surface area contributed by atoms with Gasteiger partial charge in [-0.25, -0.2) is 18.5 Å². The van der Waals surface area contributed by atoms with Crippen molar-refractivity contribution in [2.45, 2.75) is 17.7 Å². The van der Waals surface area contributed by atoms with Crippen LogP contribution in [0.4, 0.5) is 11.8 Å². The number of thiazole rings is 1. The predicted octanol–water partition coefficient (Wildman–Crippen LogP) is 2.22. The Morgan fingerprint density at radius 2 is 1.89 bits per heavy atom. The van der Waals surface area contributed by atoms with Crippen molar-refractivity contribution in [1.82, 2.24) is 20.3 Å². The Bertz CT molecular complexity index is 1460. The van der Waals surface area contributed by atoms with Crippen LogP contribution in [0.1, 0.15) is 23.2 Å². The highest BCUT2D eigenvalue weighted by molar-refractivity contribution is 7.89. The molecule has 1 fully saturated rings. The molecule has 5 rings (SSSR count). The molecule has 4 aromatic rings. The van der Waals surface area contributed by atoms with Gasteiger partial charge in [0.1, 0.15) is 5.52 Å². The van der Waals surface area contributed by atoms with Gasteiger partial charge in [-0.3, -0.25) is 4.79 Å². The van der Waals surface area contributed by atoms with Crippen LogP contribution in [0, 0.1) is 5.92 Å². The van der Waals surface area contributed by atoms with Gasteiger partial charge in [0.25, 0.3) is 5.91 Å². The number of hydrogen-bond donors (Lipinski definition) is 3. The molecule has 0 saturated carbocycles. The number of furan rings is 1. The molecule has 1 saturated heterocycles. The Kier molecular flexibility index (Phi) is 6.13. The summed E-state index contributed by atoms with van der Waals surface area (Å²) in [5.74, 6) is 1.61. The number of hydrogen-bond acceptors (Lipinski definition) is 10. The maximum absolute atomic E-state index is 12.4. The lowest BCUT2D eigenvalue weighted by Gasteiger charge is -2.32. The van der Waals surface area contributed by atoms with E-state index in [0.29, 0.717) is 50.9 Å². The van der Waals surface area contributed by atoms with E-state index in [-0.39, 0.29) is 10.8 Å². The van der Waals surface area contributed by atoms with Crippen LogP contribution >= 0.6 is 11.3 Å². The van der Waals surface area contributed by atoms with Crippen LogP contribution in [0.25, 0.3) is 21.1 Å². The van der Waals surface area contributed by atoms with Crippen LogP contribution in [0.3, 0.4) is 0 Å². The van der Waals surface area contributed by atoms with E-state index in [1.54, 1.807) is 12.3 Å². The minimum absolute atomic E-state index is 0.0296. The smallest absolute Gasteiger partial charge is 0.251 e. The zero-order valence-corrected chi connectivity index (χ0v) is 20.2. The van der Waals surface area contributed by atoms with E-state index in [1.165, 1.54) is 35.6 Å².